The number of carboxylic acids is 1. The summed E-state index contributed by atoms with van der Waals surface area (Å²) in [5, 5.41) is 13.7. The van der Waals surface area contributed by atoms with Gasteiger partial charge in [0.05, 0.1) is 19.6 Å². The number of ether oxygens (including phenoxy) is 1. The van der Waals surface area contributed by atoms with E-state index in [1.165, 1.54) is 16.7 Å². The molecule has 1 aromatic carbocycles. The SMILES string of the molecule is CCC(C(=O)NCc1nc(C(=O)O)cs1)c1ccc(OC)cc1. The van der Waals surface area contributed by atoms with Gasteiger partial charge >= 0.3 is 5.97 Å². The van der Waals surface area contributed by atoms with Crippen molar-refractivity contribution in [2.24, 2.45) is 0 Å². The summed E-state index contributed by atoms with van der Waals surface area (Å²) in [4.78, 5) is 27.1. The summed E-state index contributed by atoms with van der Waals surface area (Å²) >= 11 is 1.22. The van der Waals surface area contributed by atoms with E-state index in [4.69, 9.17) is 9.84 Å². The maximum atomic E-state index is 12.4. The molecule has 1 heterocycles. The highest BCUT2D eigenvalue weighted by Gasteiger charge is 2.19. The number of aromatic carboxylic acids is 1. The highest BCUT2D eigenvalue weighted by Crippen LogP contribution is 2.22. The maximum Gasteiger partial charge on any atom is 0.355 e. The molecule has 1 unspecified atom stereocenters. The second kappa shape index (κ2) is 7.73. The normalized spacial score (nSPS) is 11.7. The first-order chi connectivity index (χ1) is 11.0. The molecule has 0 bridgehead atoms. The summed E-state index contributed by atoms with van der Waals surface area (Å²) in [6.45, 7) is 2.17. The van der Waals surface area contributed by atoms with E-state index in [1.54, 1.807) is 7.11 Å². The minimum atomic E-state index is -1.07. The molecule has 2 rings (SSSR count). The Kier molecular flexibility index (Phi) is 5.70. The monoisotopic (exact) mass is 334 g/mol. The van der Waals surface area contributed by atoms with Crippen LogP contribution in [0.4, 0.5) is 0 Å². The van der Waals surface area contributed by atoms with Crippen molar-refractivity contribution in [3.63, 3.8) is 0 Å². The van der Waals surface area contributed by atoms with E-state index in [-0.39, 0.29) is 24.1 Å². The summed E-state index contributed by atoms with van der Waals surface area (Å²) in [6.07, 6.45) is 0.663. The fourth-order valence-corrected chi connectivity index (χ4v) is 2.89. The Bertz CT molecular complexity index is 682. The van der Waals surface area contributed by atoms with E-state index in [0.717, 1.165) is 11.3 Å². The number of carbonyl (C=O) groups excluding carboxylic acids is 1. The van der Waals surface area contributed by atoms with Crippen molar-refractivity contribution in [2.45, 2.75) is 25.8 Å². The van der Waals surface area contributed by atoms with Crippen molar-refractivity contribution in [1.82, 2.24) is 10.3 Å². The summed E-state index contributed by atoms with van der Waals surface area (Å²) in [5.41, 5.74) is 0.914. The summed E-state index contributed by atoms with van der Waals surface area (Å²) in [7, 11) is 1.60. The second-order valence-corrected chi connectivity index (χ2v) is 5.83. The highest BCUT2D eigenvalue weighted by molar-refractivity contribution is 7.09. The number of rotatable bonds is 7. The molecule has 0 saturated heterocycles. The zero-order valence-electron chi connectivity index (χ0n) is 12.9. The third-order valence-corrected chi connectivity index (χ3v) is 4.28. The molecule has 1 amide bonds. The number of benzene rings is 1. The van der Waals surface area contributed by atoms with Crippen molar-refractivity contribution in [3.05, 3.63) is 45.9 Å². The molecule has 1 atom stereocenters. The topological polar surface area (TPSA) is 88.5 Å². The van der Waals surface area contributed by atoms with Gasteiger partial charge < -0.3 is 15.2 Å². The average Bonchev–Trinajstić information content (AvgIpc) is 3.03. The first-order valence-electron chi connectivity index (χ1n) is 7.14. The Labute approximate surface area is 138 Å². The predicted molar refractivity (Wildman–Crippen MR) is 86.9 cm³/mol. The van der Waals surface area contributed by atoms with Gasteiger partial charge in [0, 0.05) is 5.38 Å². The van der Waals surface area contributed by atoms with Gasteiger partial charge in [0.15, 0.2) is 5.69 Å². The van der Waals surface area contributed by atoms with Crippen LogP contribution in [0.2, 0.25) is 0 Å². The largest absolute Gasteiger partial charge is 0.497 e. The quantitative estimate of drug-likeness (QED) is 0.812. The van der Waals surface area contributed by atoms with Gasteiger partial charge in [-0.3, -0.25) is 4.79 Å². The molecule has 0 spiro atoms. The molecule has 0 aliphatic heterocycles. The Morgan fingerprint density at radius 2 is 2.04 bits per heavy atom. The van der Waals surface area contributed by atoms with Crippen LogP contribution in [-0.4, -0.2) is 29.1 Å². The molecule has 23 heavy (non-hydrogen) atoms. The molecule has 0 radical (unpaired) electrons. The lowest BCUT2D eigenvalue weighted by Crippen LogP contribution is -2.28. The molecule has 122 valence electrons. The van der Waals surface area contributed by atoms with Gasteiger partial charge in [0.25, 0.3) is 0 Å². The summed E-state index contributed by atoms with van der Waals surface area (Å²) in [6, 6.07) is 7.40. The lowest BCUT2D eigenvalue weighted by molar-refractivity contribution is -0.122. The van der Waals surface area contributed by atoms with Gasteiger partial charge in [-0.15, -0.1) is 11.3 Å². The van der Waals surface area contributed by atoms with Gasteiger partial charge in [-0.2, -0.15) is 0 Å². The van der Waals surface area contributed by atoms with Crippen LogP contribution in [0.15, 0.2) is 29.6 Å². The van der Waals surface area contributed by atoms with Crippen molar-refractivity contribution < 1.29 is 19.4 Å². The smallest absolute Gasteiger partial charge is 0.355 e. The number of amides is 1. The van der Waals surface area contributed by atoms with Crippen molar-refractivity contribution >= 4 is 23.2 Å². The molecule has 7 heteroatoms. The lowest BCUT2D eigenvalue weighted by Gasteiger charge is -2.15. The molecular weight excluding hydrogens is 316 g/mol. The Balaban J connectivity index is 1.99. The number of aromatic nitrogens is 1. The zero-order chi connectivity index (χ0) is 16.8. The van der Waals surface area contributed by atoms with Crippen molar-refractivity contribution in [3.8, 4) is 5.75 Å². The highest BCUT2D eigenvalue weighted by atomic mass is 32.1. The number of thiazole rings is 1. The van der Waals surface area contributed by atoms with Gasteiger partial charge in [-0.1, -0.05) is 19.1 Å². The molecule has 0 aliphatic carbocycles. The lowest BCUT2D eigenvalue weighted by atomic mass is 9.95. The van der Waals surface area contributed by atoms with E-state index in [1.807, 2.05) is 31.2 Å². The van der Waals surface area contributed by atoms with E-state index >= 15 is 0 Å². The molecule has 0 fully saturated rings. The Morgan fingerprint density at radius 1 is 1.35 bits per heavy atom. The van der Waals surface area contributed by atoms with Gasteiger partial charge in [-0.25, -0.2) is 9.78 Å². The van der Waals surface area contributed by atoms with E-state index in [0.29, 0.717) is 11.4 Å². The maximum absolute atomic E-state index is 12.4. The first kappa shape index (κ1) is 17.0. The van der Waals surface area contributed by atoms with Crippen LogP contribution >= 0.6 is 11.3 Å². The molecule has 0 aliphatic rings. The van der Waals surface area contributed by atoms with Crippen LogP contribution in [0.5, 0.6) is 5.75 Å². The van der Waals surface area contributed by atoms with E-state index < -0.39 is 5.97 Å². The van der Waals surface area contributed by atoms with Crippen molar-refractivity contribution in [1.29, 1.82) is 0 Å². The molecule has 0 saturated carbocycles. The standard InChI is InChI=1S/C16H18N2O4S/c1-3-12(10-4-6-11(22-2)7-5-10)15(19)17-8-14-18-13(9-23-14)16(20)21/h4-7,9,12H,3,8H2,1-2H3,(H,17,19)(H,20,21). The fourth-order valence-electron chi connectivity index (χ4n) is 2.18. The van der Waals surface area contributed by atoms with Gasteiger partial charge in [0.2, 0.25) is 5.91 Å². The minimum Gasteiger partial charge on any atom is -0.497 e. The van der Waals surface area contributed by atoms with Crippen LogP contribution in [-0.2, 0) is 11.3 Å². The number of methoxy groups -OCH3 is 1. The van der Waals surface area contributed by atoms with E-state index in [9.17, 15) is 9.59 Å². The average molecular weight is 334 g/mol. The molecular formula is C16H18N2O4S. The Hall–Kier alpha value is -2.41. The molecule has 2 N–H and O–H groups in total. The molecule has 1 aromatic heterocycles. The number of carboxylic acid groups (broad SMARTS) is 1. The summed E-state index contributed by atoms with van der Waals surface area (Å²) in [5.74, 6) is -0.693. The van der Waals surface area contributed by atoms with Crippen LogP contribution in [0.1, 0.15) is 40.3 Å². The van der Waals surface area contributed by atoms with Crippen LogP contribution < -0.4 is 10.1 Å². The van der Waals surface area contributed by atoms with Crippen LogP contribution in [0.3, 0.4) is 0 Å². The van der Waals surface area contributed by atoms with Crippen LogP contribution in [0, 0.1) is 0 Å². The van der Waals surface area contributed by atoms with Gasteiger partial charge in [-0.05, 0) is 24.1 Å². The second-order valence-electron chi connectivity index (χ2n) is 4.88. The van der Waals surface area contributed by atoms with Crippen molar-refractivity contribution in [2.75, 3.05) is 7.11 Å². The number of hydrogen-bond donors (Lipinski definition) is 2. The molecule has 6 nitrogen and oxygen atoms in total. The zero-order valence-corrected chi connectivity index (χ0v) is 13.7. The molecule has 2 aromatic rings. The number of nitrogens with zero attached hydrogens (tertiary/aromatic N) is 1. The summed E-state index contributed by atoms with van der Waals surface area (Å²) < 4.78 is 5.11. The first-order valence-corrected chi connectivity index (χ1v) is 8.02. The van der Waals surface area contributed by atoms with Crippen LogP contribution in [0.25, 0.3) is 0 Å². The number of nitrogens with one attached hydrogen (secondary N) is 1. The minimum absolute atomic E-state index is 0.00134. The number of carbonyl (C=O) groups is 2. The van der Waals surface area contributed by atoms with E-state index in [2.05, 4.69) is 10.3 Å². The third-order valence-electron chi connectivity index (χ3n) is 3.43. The Morgan fingerprint density at radius 3 is 2.57 bits per heavy atom. The predicted octanol–water partition coefficient (Wildman–Crippen LogP) is 2.66. The van der Waals surface area contributed by atoms with Gasteiger partial charge in [0.1, 0.15) is 10.8 Å². The third kappa shape index (κ3) is 4.29. The number of hydrogen-bond acceptors (Lipinski definition) is 5. The fraction of sp³-hybridized carbons (Fsp3) is 0.312.